The van der Waals surface area contributed by atoms with Gasteiger partial charge in [-0.1, -0.05) is 18.2 Å². The molecule has 5 nitrogen and oxygen atoms in total. The molecule has 2 aromatic rings. The summed E-state index contributed by atoms with van der Waals surface area (Å²) in [7, 11) is 1.54. The maximum Gasteiger partial charge on any atom is 0.416 e. The van der Waals surface area contributed by atoms with E-state index in [9.17, 15) is 13.2 Å². The van der Waals surface area contributed by atoms with Crippen molar-refractivity contribution >= 4 is 5.95 Å². The number of piperazine rings is 1. The number of hydrogen-bond donors (Lipinski definition) is 0. The van der Waals surface area contributed by atoms with Crippen molar-refractivity contribution in [3.8, 4) is 5.88 Å². The first-order valence-electron chi connectivity index (χ1n) is 7.97. The van der Waals surface area contributed by atoms with Crippen molar-refractivity contribution in [1.29, 1.82) is 0 Å². The predicted molar refractivity (Wildman–Crippen MR) is 87.5 cm³/mol. The molecular weight excluding hydrogens is 333 g/mol. The molecule has 0 radical (unpaired) electrons. The summed E-state index contributed by atoms with van der Waals surface area (Å²) >= 11 is 0. The van der Waals surface area contributed by atoms with Gasteiger partial charge in [0.1, 0.15) is 0 Å². The molecule has 1 aromatic carbocycles. The van der Waals surface area contributed by atoms with Gasteiger partial charge in [0, 0.05) is 45.0 Å². The Hall–Kier alpha value is -2.35. The Bertz CT molecular complexity index is 715. The van der Waals surface area contributed by atoms with Gasteiger partial charge in [0.15, 0.2) is 0 Å². The average molecular weight is 352 g/mol. The summed E-state index contributed by atoms with van der Waals surface area (Å²) in [5, 5.41) is 0. The minimum absolute atomic E-state index is 0.280. The van der Waals surface area contributed by atoms with Crippen LogP contribution in [-0.4, -0.2) is 48.2 Å². The van der Waals surface area contributed by atoms with Gasteiger partial charge in [0.25, 0.3) is 0 Å². The molecule has 2 heterocycles. The fourth-order valence-electron chi connectivity index (χ4n) is 2.88. The molecule has 1 aromatic heterocycles. The zero-order valence-corrected chi connectivity index (χ0v) is 13.8. The predicted octanol–water partition coefficient (Wildman–Crippen LogP) is 2.83. The molecule has 0 bridgehead atoms. The SMILES string of the molecule is COc1ccnc(N2CCN(Cc3ccccc3C(F)(F)F)CC2)n1. The normalized spacial score (nSPS) is 16.1. The summed E-state index contributed by atoms with van der Waals surface area (Å²) in [5.74, 6) is 1.07. The van der Waals surface area contributed by atoms with Crippen molar-refractivity contribution in [3.63, 3.8) is 0 Å². The lowest BCUT2D eigenvalue weighted by Gasteiger charge is -2.35. The molecule has 8 heteroatoms. The van der Waals surface area contributed by atoms with E-state index in [1.54, 1.807) is 31.5 Å². The quantitative estimate of drug-likeness (QED) is 0.846. The molecule has 0 spiro atoms. The summed E-state index contributed by atoms with van der Waals surface area (Å²) in [6, 6.07) is 7.42. The lowest BCUT2D eigenvalue weighted by Crippen LogP contribution is -2.46. The Kier molecular flexibility index (Phi) is 5.08. The molecule has 3 rings (SSSR count). The second kappa shape index (κ2) is 7.26. The summed E-state index contributed by atoms with van der Waals surface area (Å²) in [6.07, 6.45) is -2.69. The van der Waals surface area contributed by atoms with E-state index in [-0.39, 0.29) is 6.54 Å². The lowest BCUT2D eigenvalue weighted by atomic mass is 10.1. The van der Waals surface area contributed by atoms with Gasteiger partial charge in [-0.25, -0.2) is 4.98 Å². The number of alkyl halides is 3. The van der Waals surface area contributed by atoms with Gasteiger partial charge in [-0.2, -0.15) is 18.2 Å². The monoisotopic (exact) mass is 352 g/mol. The van der Waals surface area contributed by atoms with E-state index in [2.05, 4.69) is 9.97 Å². The zero-order valence-electron chi connectivity index (χ0n) is 13.8. The molecule has 0 atom stereocenters. The van der Waals surface area contributed by atoms with Crippen LogP contribution in [0.3, 0.4) is 0 Å². The molecular formula is C17H19F3N4O. The molecule has 134 valence electrons. The standard InChI is InChI=1S/C17H19F3N4O/c1-25-15-6-7-21-16(22-15)24-10-8-23(9-11-24)12-13-4-2-3-5-14(13)17(18,19)20/h2-7H,8-12H2,1H3. The third kappa shape index (κ3) is 4.19. The van der Waals surface area contributed by atoms with Crippen LogP contribution in [0.15, 0.2) is 36.5 Å². The Balaban J connectivity index is 1.64. The van der Waals surface area contributed by atoms with Crippen LogP contribution in [0.2, 0.25) is 0 Å². The van der Waals surface area contributed by atoms with E-state index in [1.807, 2.05) is 9.80 Å². The Morgan fingerprint density at radius 2 is 1.80 bits per heavy atom. The first-order chi connectivity index (χ1) is 12.0. The van der Waals surface area contributed by atoms with Crippen molar-refractivity contribution in [2.75, 3.05) is 38.2 Å². The molecule has 1 fully saturated rings. The minimum atomic E-state index is -4.33. The molecule has 0 N–H and O–H groups in total. The first-order valence-corrected chi connectivity index (χ1v) is 7.97. The van der Waals surface area contributed by atoms with Crippen molar-refractivity contribution in [2.45, 2.75) is 12.7 Å². The van der Waals surface area contributed by atoms with Crippen LogP contribution < -0.4 is 9.64 Å². The molecule has 0 unspecified atom stereocenters. The smallest absolute Gasteiger partial charge is 0.416 e. The van der Waals surface area contributed by atoms with Crippen LogP contribution in [0, 0.1) is 0 Å². The minimum Gasteiger partial charge on any atom is -0.481 e. The topological polar surface area (TPSA) is 41.5 Å². The van der Waals surface area contributed by atoms with E-state index in [1.165, 1.54) is 6.07 Å². The van der Waals surface area contributed by atoms with Gasteiger partial charge in [0.2, 0.25) is 11.8 Å². The van der Waals surface area contributed by atoms with E-state index in [0.717, 1.165) is 6.07 Å². The van der Waals surface area contributed by atoms with Crippen LogP contribution >= 0.6 is 0 Å². The maximum absolute atomic E-state index is 13.1. The average Bonchev–Trinajstić information content (AvgIpc) is 2.62. The third-order valence-corrected chi connectivity index (χ3v) is 4.20. The van der Waals surface area contributed by atoms with Crippen LogP contribution in [0.25, 0.3) is 0 Å². The van der Waals surface area contributed by atoms with Crippen LogP contribution in [0.5, 0.6) is 5.88 Å². The molecule has 1 saturated heterocycles. The van der Waals surface area contributed by atoms with Gasteiger partial charge in [-0.3, -0.25) is 4.90 Å². The highest BCUT2D eigenvalue weighted by molar-refractivity contribution is 5.33. The van der Waals surface area contributed by atoms with E-state index >= 15 is 0 Å². The maximum atomic E-state index is 13.1. The summed E-state index contributed by atoms with van der Waals surface area (Å²) in [4.78, 5) is 12.6. The second-order valence-corrected chi connectivity index (χ2v) is 5.82. The molecule has 1 aliphatic heterocycles. The van der Waals surface area contributed by atoms with Gasteiger partial charge in [-0.05, 0) is 11.6 Å². The third-order valence-electron chi connectivity index (χ3n) is 4.20. The van der Waals surface area contributed by atoms with Crippen LogP contribution in [-0.2, 0) is 12.7 Å². The fourth-order valence-corrected chi connectivity index (χ4v) is 2.88. The van der Waals surface area contributed by atoms with Crippen molar-refractivity contribution in [2.24, 2.45) is 0 Å². The van der Waals surface area contributed by atoms with E-state index in [4.69, 9.17) is 4.74 Å². The summed E-state index contributed by atoms with van der Waals surface area (Å²) in [6.45, 7) is 2.88. The van der Waals surface area contributed by atoms with E-state index in [0.29, 0.717) is 43.6 Å². The summed E-state index contributed by atoms with van der Waals surface area (Å²) in [5.41, 5.74) is -0.255. The number of aromatic nitrogens is 2. The molecule has 0 amide bonds. The number of ether oxygens (including phenoxy) is 1. The number of nitrogens with zero attached hydrogens (tertiary/aromatic N) is 4. The van der Waals surface area contributed by atoms with Crippen molar-refractivity contribution in [3.05, 3.63) is 47.7 Å². The second-order valence-electron chi connectivity index (χ2n) is 5.82. The molecule has 25 heavy (non-hydrogen) atoms. The fraction of sp³-hybridized carbons (Fsp3) is 0.412. The number of anilines is 1. The molecule has 1 aliphatic rings. The number of hydrogen-bond acceptors (Lipinski definition) is 5. The number of methoxy groups -OCH3 is 1. The number of benzene rings is 1. The number of halogens is 3. The van der Waals surface area contributed by atoms with Crippen LogP contribution in [0.1, 0.15) is 11.1 Å². The Morgan fingerprint density at radius 1 is 1.08 bits per heavy atom. The highest BCUT2D eigenvalue weighted by Crippen LogP contribution is 2.32. The van der Waals surface area contributed by atoms with Gasteiger partial charge < -0.3 is 9.64 Å². The van der Waals surface area contributed by atoms with Gasteiger partial charge in [0.05, 0.1) is 12.7 Å². The van der Waals surface area contributed by atoms with Gasteiger partial charge >= 0.3 is 6.18 Å². The number of rotatable bonds is 4. The summed E-state index contributed by atoms with van der Waals surface area (Å²) < 4.78 is 44.4. The first kappa shape index (κ1) is 17.5. The van der Waals surface area contributed by atoms with Crippen molar-refractivity contribution < 1.29 is 17.9 Å². The van der Waals surface area contributed by atoms with Crippen LogP contribution in [0.4, 0.5) is 19.1 Å². The highest BCUT2D eigenvalue weighted by Gasteiger charge is 2.33. The van der Waals surface area contributed by atoms with Crippen molar-refractivity contribution in [1.82, 2.24) is 14.9 Å². The lowest BCUT2D eigenvalue weighted by molar-refractivity contribution is -0.138. The van der Waals surface area contributed by atoms with Gasteiger partial charge in [-0.15, -0.1) is 0 Å². The molecule has 0 aliphatic carbocycles. The highest BCUT2D eigenvalue weighted by atomic mass is 19.4. The molecule has 0 saturated carbocycles. The Labute approximate surface area is 144 Å². The Morgan fingerprint density at radius 3 is 2.48 bits per heavy atom. The zero-order chi connectivity index (χ0) is 17.9. The largest absolute Gasteiger partial charge is 0.481 e. The van der Waals surface area contributed by atoms with E-state index < -0.39 is 11.7 Å².